The number of esters is 6. The van der Waals surface area contributed by atoms with Crippen molar-refractivity contribution in [1.29, 1.82) is 0 Å². The minimum atomic E-state index is -1.27. The van der Waals surface area contributed by atoms with Gasteiger partial charge in [0.1, 0.15) is 0 Å². The summed E-state index contributed by atoms with van der Waals surface area (Å²) in [5, 5.41) is 0. The number of hydrogen-bond donors (Lipinski definition) is 0. The molecule has 0 bridgehead atoms. The third-order valence-corrected chi connectivity index (χ3v) is 25.5. The Balaban J connectivity index is 0.000000138. The molecule has 1 aliphatic heterocycles. The summed E-state index contributed by atoms with van der Waals surface area (Å²) in [4.78, 5) is 74.4. The maximum Gasteiger partial charge on any atom is 0.335 e. The molecule has 13 heteroatoms. The van der Waals surface area contributed by atoms with Crippen LogP contribution in [0.25, 0.3) is 24.3 Å². The van der Waals surface area contributed by atoms with Crippen LogP contribution >= 0.6 is 11.8 Å². The number of hydrogen-bond acceptors (Lipinski definition) is 13. The van der Waals surface area contributed by atoms with E-state index in [-0.39, 0.29) is 11.9 Å². The molecule has 0 N–H and O–H groups in total. The second kappa shape index (κ2) is 42.0. The van der Waals surface area contributed by atoms with E-state index in [1.165, 1.54) is 11.1 Å². The number of carbonyl (C=O) groups is 6. The van der Waals surface area contributed by atoms with Crippen LogP contribution in [0.4, 0.5) is 0 Å². The maximum atomic E-state index is 12.4. The number of carbonyl (C=O) groups excluding carboxylic acids is 6. The minimum absolute atomic E-state index is 0.105. The van der Waals surface area contributed by atoms with Crippen molar-refractivity contribution in [2.75, 3.05) is 0 Å². The molecule has 1 atom stereocenters. The summed E-state index contributed by atoms with van der Waals surface area (Å²) in [5.74, 6) is 11.7. The van der Waals surface area contributed by atoms with Gasteiger partial charge >= 0.3 is 35.8 Å². The molecule has 672 valence electrons. The summed E-state index contributed by atoms with van der Waals surface area (Å²) in [6, 6.07) is 94.2. The second-order valence-electron chi connectivity index (χ2n) is 33.7. The number of benzene rings is 12. The van der Waals surface area contributed by atoms with Gasteiger partial charge in [-0.2, -0.15) is 0 Å². The van der Waals surface area contributed by atoms with Gasteiger partial charge in [0.05, 0.1) is 0 Å². The first-order valence-electron chi connectivity index (χ1n) is 44.2. The van der Waals surface area contributed by atoms with Crippen molar-refractivity contribution in [3.05, 3.63) is 493 Å². The lowest BCUT2D eigenvalue weighted by Gasteiger charge is -2.43. The Labute approximate surface area is 802 Å². The summed E-state index contributed by atoms with van der Waals surface area (Å²) < 4.78 is 35.1. The fraction of sp³-hybridized carbons (Fsp3) is 0.154. The largest absolute Gasteiger partial charge is 0.446 e. The van der Waals surface area contributed by atoms with E-state index in [4.69, 9.17) is 60.5 Å². The molecule has 18 rings (SSSR count). The van der Waals surface area contributed by atoms with E-state index in [1.807, 2.05) is 291 Å². The highest BCUT2D eigenvalue weighted by atomic mass is 32.2. The Morgan fingerprint density at radius 3 is 0.816 bits per heavy atom. The van der Waals surface area contributed by atoms with Crippen LogP contribution in [0.2, 0.25) is 0 Å². The fourth-order valence-corrected chi connectivity index (χ4v) is 18.8. The summed E-state index contributed by atoms with van der Waals surface area (Å²) >= 11 is 1.70. The van der Waals surface area contributed by atoms with Gasteiger partial charge in [0.15, 0.2) is 5.60 Å². The van der Waals surface area contributed by atoms with Gasteiger partial charge in [-0.25, -0.2) is 28.8 Å². The number of aryl methyl sites for hydroxylation is 2. The third kappa shape index (κ3) is 19.2. The van der Waals surface area contributed by atoms with Gasteiger partial charge in [0.25, 0.3) is 0 Å². The van der Waals surface area contributed by atoms with Gasteiger partial charge in [-0.3, -0.25) is 0 Å². The average molecular weight is 1800 g/mol. The molecule has 0 saturated carbocycles. The second-order valence-corrected chi connectivity index (χ2v) is 34.8. The topological polar surface area (TPSA) is 158 Å². The molecule has 0 amide bonds. The van der Waals surface area contributed by atoms with Crippen LogP contribution in [0.15, 0.2) is 369 Å². The molecule has 0 spiro atoms. The average Bonchev–Trinajstić information content (AvgIpc) is 1.01. The predicted molar refractivity (Wildman–Crippen MR) is 542 cm³/mol. The van der Waals surface area contributed by atoms with Crippen LogP contribution in [0.5, 0.6) is 0 Å². The molecule has 5 aliphatic carbocycles. The van der Waals surface area contributed by atoms with Gasteiger partial charge in [-0.05, 0) is 157 Å². The van der Waals surface area contributed by atoms with Crippen molar-refractivity contribution in [2.45, 2.75) is 118 Å². The fourth-order valence-electron chi connectivity index (χ4n) is 17.7. The Morgan fingerprint density at radius 1 is 0.294 bits per heavy atom. The summed E-state index contributed by atoms with van der Waals surface area (Å²) in [5.41, 5.74) is 16.7. The molecule has 1 unspecified atom stereocenters. The van der Waals surface area contributed by atoms with E-state index in [1.54, 1.807) is 46.4 Å². The molecule has 0 fully saturated rings. The van der Waals surface area contributed by atoms with Crippen molar-refractivity contribution in [3.8, 4) is 61.7 Å². The van der Waals surface area contributed by atoms with Crippen molar-refractivity contribution in [1.82, 2.24) is 0 Å². The Morgan fingerprint density at radius 2 is 0.515 bits per heavy atom. The van der Waals surface area contributed by atoms with Crippen molar-refractivity contribution >= 4 is 71.9 Å². The molecule has 12 nitrogen and oxygen atoms in total. The highest BCUT2D eigenvalue weighted by Gasteiger charge is 2.50. The number of terminal acetylenes is 5. The molecule has 0 aromatic heterocycles. The first-order chi connectivity index (χ1) is 65.5. The highest BCUT2D eigenvalue weighted by molar-refractivity contribution is 7.98. The number of ether oxygens (including phenoxy) is 6. The molecular weight excluding hydrogens is 1700 g/mol. The van der Waals surface area contributed by atoms with E-state index >= 15 is 0 Å². The first kappa shape index (κ1) is 97.1. The molecule has 0 radical (unpaired) electrons. The van der Waals surface area contributed by atoms with Crippen LogP contribution in [0, 0.1) is 67.6 Å². The minimum Gasteiger partial charge on any atom is -0.446 e. The van der Waals surface area contributed by atoms with Gasteiger partial charge < -0.3 is 28.4 Å². The van der Waals surface area contributed by atoms with E-state index in [0.29, 0.717) is 27.9 Å². The highest BCUT2D eigenvalue weighted by Crippen LogP contribution is 2.51. The normalized spacial score (nSPS) is 15.1. The van der Waals surface area contributed by atoms with Crippen molar-refractivity contribution in [3.63, 3.8) is 0 Å². The van der Waals surface area contributed by atoms with Crippen LogP contribution < -0.4 is 0 Å². The van der Waals surface area contributed by atoms with Gasteiger partial charge in [0.2, 0.25) is 28.0 Å². The van der Waals surface area contributed by atoms with Crippen LogP contribution in [-0.4, -0.2) is 35.8 Å². The molecule has 0 saturated heterocycles. The van der Waals surface area contributed by atoms with E-state index in [9.17, 15) is 28.8 Å². The molecule has 12 aromatic carbocycles. The monoisotopic (exact) mass is 1800 g/mol. The first-order valence-corrected chi connectivity index (χ1v) is 45.2. The molecule has 1 heterocycles. The Bertz CT molecular complexity index is 6620. The number of rotatable bonds is 13. The smallest absolute Gasteiger partial charge is 0.335 e. The maximum absolute atomic E-state index is 12.4. The lowest BCUT2D eigenvalue weighted by molar-refractivity contribution is -0.156. The van der Waals surface area contributed by atoms with Crippen LogP contribution in [0.1, 0.15) is 176 Å². The quantitative estimate of drug-likeness (QED) is 0.0465. The molecule has 6 aliphatic rings. The summed E-state index contributed by atoms with van der Waals surface area (Å²) in [6.07, 6.45) is 41.9. The lowest BCUT2D eigenvalue weighted by Crippen LogP contribution is -2.42. The van der Waals surface area contributed by atoms with Crippen molar-refractivity contribution in [2.24, 2.45) is 5.92 Å². The molecule has 136 heavy (non-hydrogen) atoms. The van der Waals surface area contributed by atoms with Crippen LogP contribution in [0.3, 0.4) is 0 Å². The van der Waals surface area contributed by atoms with Gasteiger partial charge in [0, 0.05) is 117 Å². The Hall–Kier alpha value is -16.5. The van der Waals surface area contributed by atoms with Crippen LogP contribution in [-0.2, 0) is 122 Å². The predicted octanol–water partition coefficient (Wildman–Crippen LogP) is 24.2. The SMILES string of the molecule is C#CC1(OC(=O)C(=C)C)c2ccccc2C=Cc2ccccc21.C#CC1(OC(=O)C(=C)C)c2ccccc2CCc2ccccc21.C#CC1(OC(=O)C(=C)C)c2ccccc2CSc2ccccc21.C#CC1(OC(=O)C(=C)C)c2ccccc2Cc2ccccc21.C#CC1(OC(=O)C=C)c2ccccc2C=Cc2ccccc21.C=C(C)C(=O)OC1(C(C)C)c2ccccc2Cc2ccccc21. The summed E-state index contributed by atoms with van der Waals surface area (Å²) in [6.45, 7) is 34.3. The number of thioether (sulfide) groups is 1. The summed E-state index contributed by atoms with van der Waals surface area (Å²) in [7, 11) is 0. The lowest BCUT2D eigenvalue weighted by atomic mass is 9.69. The zero-order chi connectivity index (χ0) is 97.3. The van der Waals surface area contributed by atoms with E-state index in [0.717, 1.165) is 159 Å². The standard InChI is InChI=1S/C21H22O2.C21H18O2.C21H16O2.C20H16O2S.C20H16O2.C20H14O2/c1-14(2)20(22)23-21(15(3)4)18-11-7-5-9-16(18)13-17-10-6-8-12-19(17)21;2*1-4-21(23-20(22)15(2)3)18-11-7-5-9-16(18)13-14-17-10-6-8-12-19(17)21;1-4-20(22-19(21)14(2)3)16-10-6-5-9-15(16)13-23-18-12-8-7-11-17(18)20;1-4-20(22-19(21)14(2)3)17-11-7-5-9-15(17)13-16-10-6-8-12-18(16)20;1-3-19(21)22-20(4-2)17-11-7-5-9-15(17)13-14-16-10-6-8-12-18(16)20/h5-12,15H,1,13H2,2-4H3;1,5-12H,2,13-14H2,3H3;1,5-14H,2H2,3H3;1,5-12H,2,13H2,3H3;1,5-12H,2,13H2,3H3;2-3,5-14H,1H2. The molecule has 12 aromatic rings. The zero-order valence-corrected chi connectivity index (χ0v) is 78.0. The number of fused-ring (bicyclic) bond motifs is 12. The third-order valence-electron chi connectivity index (χ3n) is 24.4. The zero-order valence-electron chi connectivity index (χ0n) is 77.1. The van der Waals surface area contributed by atoms with Gasteiger partial charge in [-0.15, -0.1) is 43.9 Å². The van der Waals surface area contributed by atoms with Gasteiger partial charge in [-0.1, -0.05) is 363 Å². The van der Waals surface area contributed by atoms with E-state index in [2.05, 4.69) is 107 Å². The Kier molecular flexibility index (Phi) is 30.0. The van der Waals surface area contributed by atoms with Crippen molar-refractivity contribution < 1.29 is 57.2 Å². The van der Waals surface area contributed by atoms with E-state index < -0.39 is 63.5 Å². The molecular formula is C123H102O12S.